The van der Waals surface area contributed by atoms with Crippen LogP contribution in [-0.2, 0) is 4.74 Å². The Morgan fingerprint density at radius 1 is 1.33 bits per heavy atom. The number of aromatic nitrogens is 2. The van der Waals surface area contributed by atoms with E-state index in [9.17, 15) is 0 Å². The molecule has 0 saturated carbocycles. The normalized spacial score (nSPS) is 18.8. The van der Waals surface area contributed by atoms with Crippen LogP contribution in [0.3, 0.4) is 0 Å². The van der Waals surface area contributed by atoms with Gasteiger partial charge in [0, 0.05) is 29.3 Å². The van der Waals surface area contributed by atoms with E-state index in [1.54, 1.807) is 0 Å². The van der Waals surface area contributed by atoms with Gasteiger partial charge < -0.3 is 15.4 Å². The lowest BCUT2D eigenvalue weighted by atomic mass is 10.1. The molecule has 1 saturated heterocycles. The average Bonchev–Trinajstić information content (AvgIpc) is 2.47. The van der Waals surface area contributed by atoms with E-state index < -0.39 is 0 Å². The zero-order valence-corrected chi connectivity index (χ0v) is 13.4. The number of hydrogen-bond acceptors (Lipinski definition) is 5. The second kappa shape index (κ2) is 5.99. The lowest BCUT2D eigenvalue weighted by Gasteiger charge is -2.34. The molecule has 1 aromatic heterocycles. The summed E-state index contributed by atoms with van der Waals surface area (Å²) in [7, 11) is 0. The molecule has 2 aromatic rings. The van der Waals surface area contributed by atoms with E-state index in [4.69, 9.17) is 10.5 Å². The van der Waals surface area contributed by atoms with Gasteiger partial charge in [0.15, 0.2) is 0 Å². The van der Waals surface area contributed by atoms with Crippen molar-refractivity contribution in [2.45, 2.75) is 13.0 Å². The molecule has 0 spiro atoms. The number of nitrogens with zero attached hydrogens (tertiary/aromatic N) is 3. The van der Waals surface area contributed by atoms with Crippen LogP contribution in [0.5, 0.6) is 0 Å². The fourth-order valence-electron chi connectivity index (χ4n) is 2.52. The Morgan fingerprint density at radius 2 is 2.14 bits per heavy atom. The number of hydrogen-bond donors (Lipinski definition) is 1. The number of rotatable bonds is 2. The molecule has 3 rings (SSSR count). The monoisotopic (exact) mass is 348 g/mol. The summed E-state index contributed by atoms with van der Waals surface area (Å²) in [6, 6.07) is 10.1. The molecule has 5 nitrogen and oxygen atoms in total. The molecule has 2 heterocycles. The third-order valence-electron chi connectivity index (χ3n) is 3.50. The lowest BCUT2D eigenvalue weighted by Crippen LogP contribution is -2.39. The van der Waals surface area contributed by atoms with Crippen molar-refractivity contribution in [3.63, 3.8) is 0 Å². The molecule has 6 heteroatoms. The molecule has 0 radical (unpaired) electrons. The maximum Gasteiger partial charge on any atom is 0.222 e. The first kappa shape index (κ1) is 14.3. The van der Waals surface area contributed by atoms with Crippen molar-refractivity contribution in [2.75, 3.05) is 30.3 Å². The highest BCUT2D eigenvalue weighted by atomic mass is 79.9. The summed E-state index contributed by atoms with van der Waals surface area (Å²) in [6.07, 6.45) is 0.0193. The van der Waals surface area contributed by atoms with E-state index in [1.165, 1.54) is 0 Å². The van der Waals surface area contributed by atoms with Crippen molar-refractivity contribution in [1.82, 2.24) is 9.97 Å². The molecule has 2 N–H and O–H groups in total. The summed E-state index contributed by atoms with van der Waals surface area (Å²) in [5.41, 5.74) is 7.78. The number of anilines is 2. The fourth-order valence-corrected chi connectivity index (χ4v) is 3.06. The molecule has 1 fully saturated rings. The largest absolute Gasteiger partial charge is 0.370 e. The lowest BCUT2D eigenvalue weighted by molar-refractivity contribution is 0.0391. The summed E-state index contributed by atoms with van der Waals surface area (Å²) < 4.78 is 6.98. The number of halogens is 1. The maximum atomic E-state index is 5.91. The van der Waals surface area contributed by atoms with Gasteiger partial charge in [0.1, 0.15) is 11.9 Å². The summed E-state index contributed by atoms with van der Waals surface area (Å²) in [4.78, 5) is 10.6. The number of nitrogens with two attached hydrogens (primary N) is 1. The summed E-state index contributed by atoms with van der Waals surface area (Å²) in [6.45, 7) is 4.14. The zero-order valence-electron chi connectivity index (χ0n) is 11.8. The highest BCUT2D eigenvalue weighted by molar-refractivity contribution is 9.10. The first-order chi connectivity index (χ1) is 10.1. The number of ether oxygens (including phenoxy) is 1. The number of morpholine rings is 1. The topological polar surface area (TPSA) is 64.3 Å². The fraction of sp³-hybridized carbons (Fsp3) is 0.333. The SMILES string of the molecule is Cc1cc(N2CCO[C@@H](c3ccccc3Br)C2)nc(N)n1. The van der Waals surface area contributed by atoms with Crippen LogP contribution in [0.4, 0.5) is 11.8 Å². The predicted molar refractivity (Wildman–Crippen MR) is 86.2 cm³/mol. The van der Waals surface area contributed by atoms with Crippen LogP contribution in [0, 0.1) is 6.92 Å². The molecule has 0 aliphatic carbocycles. The van der Waals surface area contributed by atoms with Gasteiger partial charge >= 0.3 is 0 Å². The molecule has 1 aliphatic heterocycles. The first-order valence-electron chi connectivity index (χ1n) is 6.85. The molecule has 0 amide bonds. The van der Waals surface area contributed by atoms with Crippen LogP contribution in [-0.4, -0.2) is 29.7 Å². The van der Waals surface area contributed by atoms with E-state index in [-0.39, 0.29) is 6.10 Å². The van der Waals surface area contributed by atoms with Crippen molar-refractivity contribution in [3.05, 3.63) is 46.1 Å². The summed E-state index contributed by atoms with van der Waals surface area (Å²) >= 11 is 3.59. The van der Waals surface area contributed by atoms with E-state index in [0.29, 0.717) is 12.6 Å². The Balaban J connectivity index is 1.84. The second-order valence-corrected chi connectivity index (χ2v) is 5.91. The minimum Gasteiger partial charge on any atom is -0.370 e. The summed E-state index contributed by atoms with van der Waals surface area (Å²) in [5, 5.41) is 0. The molecule has 1 aliphatic rings. The van der Waals surface area contributed by atoms with Gasteiger partial charge in [0.2, 0.25) is 5.95 Å². The first-order valence-corrected chi connectivity index (χ1v) is 7.65. The van der Waals surface area contributed by atoms with Crippen LogP contribution in [0.25, 0.3) is 0 Å². The van der Waals surface area contributed by atoms with Crippen LogP contribution >= 0.6 is 15.9 Å². The Labute approximate surface area is 132 Å². The quantitative estimate of drug-likeness (QED) is 0.903. The van der Waals surface area contributed by atoms with Crippen LogP contribution in [0.2, 0.25) is 0 Å². The highest BCUT2D eigenvalue weighted by Crippen LogP contribution is 2.30. The molecule has 1 atom stereocenters. The van der Waals surface area contributed by atoms with Gasteiger partial charge in [0.25, 0.3) is 0 Å². The van der Waals surface area contributed by atoms with E-state index >= 15 is 0 Å². The Morgan fingerprint density at radius 3 is 2.90 bits per heavy atom. The van der Waals surface area contributed by atoms with Crippen molar-refractivity contribution in [1.29, 1.82) is 0 Å². The zero-order chi connectivity index (χ0) is 14.8. The molecule has 0 unspecified atom stereocenters. The van der Waals surface area contributed by atoms with Crippen molar-refractivity contribution in [2.24, 2.45) is 0 Å². The molecule has 0 bridgehead atoms. The summed E-state index contributed by atoms with van der Waals surface area (Å²) in [5.74, 6) is 1.18. The number of benzene rings is 1. The van der Waals surface area contributed by atoms with Crippen LogP contribution in [0.1, 0.15) is 17.4 Å². The maximum absolute atomic E-state index is 5.91. The second-order valence-electron chi connectivity index (χ2n) is 5.05. The Bertz CT molecular complexity index is 629. The average molecular weight is 349 g/mol. The standard InChI is InChI=1S/C15H17BrN4O/c1-10-8-14(19-15(17)18-10)20-6-7-21-13(9-20)11-4-2-3-5-12(11)16/h2-5,8,13H,6-7,9H2,1H3,(H2,17,18,19)/t13-/m1/s1. The minimum atomic E-state index is 0.0193. The molecule has 110 valence electrons. The number of aryl methyl sites for hydroxylation is 1. The van der Waals surface area contributed by atoms with Gasteiger partial charge in [-0.05, 0) is 18.6 Å². The highest BCUT2D eigenvalue weighted by Gasteiger charge is 2.24. The van der Waals surface area contributed by atoms with E-state index in [0.717, 1.165) is 34.6 Å². The third-order valence-corrected chi connectivity index (χ3v) is 4.22. The van der Waals surface area contributed by atoms with Gasteiger partial charge in [-0.2, -0.15) is 4.98 Å². The van der Waals surface area contributed by atoms with Crippen molar-refractivity contribution < 1.29 is 4.74 Å². The van der Waals surface area contributed by atoms with Gasteiger partial charge in [0.05, 0.1) is 6.61 Å². The Kier molecular flexibility index (Phi) is 4.07. The van der Waals surface area contributed by atoms with Crippen LogP contribution < -0.4 is 10.6 Å². The third kappa shape index (κ3) is 3.16. The molecular formula is C15H17BrN4O. The minimum absolute atomic E-state index is 0.0193. The molecule has 1 aromatic carbocycles. The smallest absolute Gasteiger partial charge is 0.222 e. The van der Waals surface area contributed by atoms with E-state index in [2.05, 4.69) is 36.9 Å². The number of nitrogen functional groups attached to an aromatic ring is 1. The van der Waals surface area contributed by atoms with Crippen molar-refractivity contribution in [3.8, 4) is 0 Å². The van der Waals surface area contributed by atoms with Gasteiger partial charge in [-0.1, -0.05) is 34.1 Å². The van der Waals surface area contributed by atoms with Gasteiger partial charge in [-0.15, -0.1) is 0 Å². The predicted octanol–water partition coefficient (Wildman–Crippen LogP) is 2.71. The van der Waals surface area contributed by atoms with Crippen LogP contribution in [0.15, 0.2) is 34.8 Å². The molecular weight excluding hydrogens is 332 g/mol. The molecule has 21 heavy (non-hydrogen) atoms. The van der Waals surface area contributed by atoms with Gasteiger partial charge in [-0.3, -0.25) is 0 Å². The Hall–Kier alpha value is -1.66. The van der Waals surface area contributed by atoms with E-state index in [1.807, 2.05) is 31.2 Å². The van der Waals surface area contributed by atoms with Crippen molar-refractivity contribution >= 4 is 27.7 Å². The van der Waals surface area contributed by atoms with Gasteiger partial charge in [-0.25, -0.2) is 4.98 Å².